The minimum atomic E-state index is -2.92. The summed E-state index contributed by atoms with van der Waals surface area (Å²) >= 11 is 0. The van der Waals surface area contributed by atoms with Crippen molar-refractivity contribution in [2.45, 2.75) is 39.7 Å². The number of nitrogens with one attached hydrogen (secondary N) is 2. The molecule has 0 spiro atoms. The molecule has 9 nitrogen and oxygen atoms in total. The molecular formula is C22H26F2N6O3. The van der Waals surface area contributed by atoms with Gasteiger partial charge in [0.25, 0.3) is 5.92 Å². The molecule has 0 aliphatic carbocycles. The van der Waals surface area contributed by atoms with Crippen LogP contribution in [0.4, 0.5) is 8.78 Å². The lowest BCUT2D eigenvalue weighted by Gasteiger charge is -2.14. The van der Waals surface area contributed by atoms with Gasteiger partial charge in [-0.05, 0) is 24.6 Å². The molecule has 0 aliphatic heterocycles. The van der Waals surface area contributed by atoms with Gasteiger partial charge in [0.05, 0.1) is 36.1 Å². The standard InChI is InChI=1S/C22H26F2N6O3/c1-14-8-16(28-10-20(14)33-13-22(3,23)24)11-30-12-17-18(29-30)4-5-26-19(17)9-21(32)27-7-6-25-15(2)31/h4-5,8,10,12H,6-7,9,11,13H2,1-3H3,(H,25,31)(H,27,32). The number of hydrogen-bond donors (Lipinski definition) is 2. The highest BCUT2D eigenvalue weighted by atomic mass is 19.3. The summed E-state index contributed by atoms with van der Waals surface area (Å²) in [6.45, 7) is 4.29. The van der Waals surface area contributed by atoms with Gasteiger partial charge in [0.15, 0.2) is 6.61 Å². The highest BCUT2D eigenvalue weighted by Crippen LogP contribution is 2.21. The van der Waals surface area contributed by atoms with Gasteiger partial charge in [-0.1, -0.05) is 0 Å². The summed E-state index contributed by atoms with van der Waals surface area (Å²) in [7, 11) is 0. The Balaban J connectivity index is 1.66. The molecule has 0 saturated heterocycles. The van der Waals surface area contributed by atoms with Crippen LogP contribution in [-0.4, -0.2) is 57.2 Å². The van der Waals surface area contributed by atoms with Gasteiger partial charge in [0.1, 0.15) is 5.75 Å². The molecule has 3 heterocycles. The van der Waals surface area contributed by atoms with E-state index in [0.717, 1.165) is 12.3 Å². The van der Waals surface area contributed by atoms with Crippen LogP contribution >= 0.6 is 0 Å². The molecule has 3 aromatic heterocycles. The first-order chi connectivity index (χ1) is 15.6. The lowest BCUT2D eigenvalue weighted by molar-refractivity contribution is -0.121. The molecule has 2 N–H and O–H groups in total. The van der Waals surface area contributed by atoms with Gasteiger partial charge in [-0.15, -0.1) is 0 Å². The van der Waals surface area contributed by atoms with Crippen LogP contribution in [0, 0.1) is 6.92 Å². The Kier molecular flexibility index (Phi) is 7.52. The molecule has 0 aliphatic rings. The third kappa shape index (κ3) is 7.19. The molecule has 3 rings (SSSR count). The third-order valence-electron chi connectivity index (χ3n) is 4.64. The number of aromatic nitrogens is 4. The zero-order valence-electron chi connectivity index (χ0n) is 18.7. The van der Waals surface area contributed by atoms with Crippen molar-refractivity contribution in [3.8, 4) is 5.75 Å². The van der Waals surface area contributed by atoms with Gasteiger partial charge < -0.3 is 15.4 Å². The van der Waals surface area contributed by atoms with Gasteiger partial charge in [0.2, 0.25) is 11.8 Å². The van der Waals surface area contributed by atoms with Gasteiger partial charge in [-0.25, -0.2) is 8.78 Å². The van der Waals surface area contributed by atoms with Gasteiger partial charge in [-0.2, -0.15) is 5.10 Å². The fourth-order valence-electron chi connectivity index (χ4n) is 3.14. The summed E-state index contributed by atoms with van der Waals surface area (Å²) in [4.78, 5) is 31.7. The average molecular weight is 460 g/mol. The number of alkyl halides is 2. The van der Waals surface area contributed by atoms with Gasteiger partial charge >= 0.3 is 0 Å². The summed E-state index contributed by atoms with van der Waals surface area (Å²) in [5, 5.41) is 10.6. The number of halogens is 2. The Morgan fingerprint density at radius 2 is 1.97 bits per heavy atom. The van der Waals surface area contributed by atoms with E-state index in [0.29, 0.717) is 47.9 Å². The quantitative estimate of drug-likeness (QED) is 0.448. The second-order valence-electron chi connectivity index (χ2n) is 7.83. The molecule has 0 saturated carbocycles. The highest BCUT2D eigenvalue weighted by molar-refractivity contribution is 5.86. The van der Waals surface area contributed by atoms with Crippen molar-refractivity contribution >= 4 is 22.7 Å². The molecule has 11 heteroatoms. The van der Waals surface area contributed by atoms with E-state index in [4.69, 9.17) is 4.74 Å². The van der Waals surface area contributed by atoms with Gasteiger partial charge in [-0.3, -0.25) is 24.2 Å². The first kappa shape index (κ1) is 24.0. The highest BCUT2D eigenvalue weighted by Gasteiger charge is 2.22. The van der Waals surface area contributed by atoms with Crippen LogP contribution in [0.25, 0.3) is 10.9 Å². The van der Waals surface area contributed by atoms with E-state index in [1.165, 1.54) is 13.1 Å². The maximum Gasteiger partial charge on any atom is 0.278 e. The lowest BCUT2D eigenvalue weighted by atomic mass is 10.2. The van der Waals surface area contributed by atoms with Crippen molar-refractivity contribution in [1.29, 1.82) is 0 Å². The molecule has 0 fully saturated rings. The zero-order valence-corrected chi connectivity index (χ0v) is 18.7. The fraction of sp³-hybridized carbons (Fsp3) is 0.409. The van der Waals surface area contributed by atoms with E-state index in [1.807, 2.05) is 0 Å². The number of rotatable bonds is 10. The van der Waals surface area contributed by atoms with Crippen molar-refractivity contribution in [1.82, 2.24) is 30.4 Å². The number of fused-ring (bicyclic) bond motifs is 1. The number of amides is 2. The summed E-state index contributed by atoms with van der Waals surface area (Å²) < 4.78 is 32.9. The SMILES string of the molecule is CC(=O)NCCNC(=O)Cc1nccc2nn(Cc3cc(C)c(OCC(C)(F)F)cn3)cc12. The molecule has 0 aromatic carbocycles. The van der Waals surface area contributed by atoms with Crippen LogP contribution in [0.1, 0.15) is 30.8 Å². The Bertz CT molecular complexity index is 1140. The van der Waals surface area contributed by atoms with Crippen molar-refractivity contribution < 1.29 is 23.1 Å². The monoisotopic (exact) mass is 460 g/mol. The van der Waals surface area contributed by atoms with Crippen LogP contribution in [0.5, 0.6) is 5.75 Å². The Labute approximate surface area is 189 Å². The van der Waals surface area contributed by atoms with E-state index >= 15 is 0 Å². The second kappa shape index (κ2) is 10.3. The van der Waals surface area contributed by atoms with Crippen LogP contribution in [0.15, 0.2) is 30.7 Å². The number of carbonyl (C=O) groups excluding carboxylic acids is 2. The van der Waals surface area contributed by atoms with E-state index in [1.54, 1.807) is 36.1 Å². The number of ether oxygens (including phenoxy) is 1. The molecule has 176 valence electrons. The average Bonchev–Trinajstić information content (AvgIpc) is 3.13. The second-order valence-corrected chi connectivity index (χ2v) is 7.83. The summed E-state index contributed by atoms with van der Waals surface area (Å²) in [6, 6.07) is 3.52. The first-order valence-corrected chi connectivity index (χ1v) is 10.4. The normalized spacial score (nSPS) is 11.4. The number of aryl methyl sites for hydroxylation is 1. The van der Waals surface area contributed by atoms with Crippen LogP contribution in [0.3, 0.4) is 0 Å². The largest absolute Gasteiger partial charge is 0.485 e. The van der Waals surface area contributed by atoms with Crippen LogP contribution in [0.2, 0.25) is 0 Å². The summed E-state index contributed by atoms with van der Waals surface area (Å²) in [6.07, 6.45) is 4.89. The maximum absolute atomic E-state index is 13.0. The van der Waals surface area contributed by atoms with E-state index in [9.17, 15) is 18.4 Å². The predicted octanol–water partition coefficient (Wildman–Crippen LogP) is 2.01. The zero-order chi connectivity index (χ0) is 24.0. The van der Waals surface area contributed by atoms with Crippen molar-refractivity contribution in [3.63, 3.8) is 0 Å². The smallest absolute Gasteiger partial charge is 0.278 e. The number of nitrogens with zero attached hydrogens (tertiary/aromatic N) is 4. The van der Waals surface area contributed by atoms with E-state index in [2.05, 4.69) is 25.7 Å². The van der Waals surface area contributed by atoms with E-state index in [-0.39, 0.29) is 18.2 Å². The fourth-order valence-corrected chi connectivity index (χ4v) is 3.14. The molecule has 2 amide bonds. The summed E-state index contributed by atoms with van der Waals surface area (Å²) in [5.74, 6) is -2.98. The van der Waals surface area contributed by atoms with Gasteiger partial charge in [0, 0.05) is 44.7 Å². The van der Waals surface area contributed by atoms with Crippen LogP contribution in [-0.2, 0) is 22.6 Å². The van der Waals surface area contributed by atoms with Crippen molar-refractivity contribution in [2.75, 3.05) is 19.7 Å². The minimum absolute atomic E-state index is 0.0779. The molecule has 0 atom stereocenters. The third-order valence-corrected chi connectivity index (χ3v) is 4.64. The van der Waals surface area contributed by atoms with Crippen molar-refractivity contribution in [3.05, 3.63) is 47.7 Å². The first-order valence-electron chi connectivity index (χ1n) is 10.4. The number of carbonyl (C=O) groups is 2. The minimum Gasteiger partial charge on any atom is -0.485 e. The summed E-state index contributed by atoms with van der Waals surface area (Å²) in [5.41, 5.74) is 2.65. The lowest BCUT2D eigenvalue weighted by Crippen LogP contribution is -2.34. The maximum atomic E-state index is 13.0. The topological polar surface area (TPSA) is 111 Å². The predicted molar refractivity (Wildman–Crippen MR) is 117 cm³/mol. The number of hydrogen-bond acceptors (Lipinski definition) is 6. The Morgan fingerprint density at radius 1 is 1.21 bits per heavy atom. The molecular weight excluding hydrogens is 434 g/mol. The number of pyridine rings is 2. The Morgan fingerprint density at radius 3 is 2.67 bits per heavy atom. The Hall–Kier alpha value is -3.63. The molecule has 0 bridgehead atoms. The van der Waals surface area contributed by atoms with E-state index < -0.39 is 12.5 Å². The van der Waals surface area contributed by atoms with Crippen LogP contribution < -0.4 is 15.4 Å². The molecule has 3 aromatic rings. The molecule has 33 heavy (non-hydrogen) atoms. The molecule has 0 unspecified atom stereocenters. The van der Waals surface area contributed by atoms with Crippen molar-refractivity contribution in [2.24, 2.45) is 0 Å². The molecule has 0 radical (unpaired) electrons.